The molecule has 1 aromatic rings. The lowest BCUT2D eigenvalue weighted by Crippen LogP contribution is -2.39. The summed E-state index contributed by atoms with van der Waals surface area (Å²) in [6.07, 6.45) is 1.26. The molecular weight excluding hydrogens is 280 g/mol. The van der Waals surface area contributed by atoms with Crippen LogP contribution in [-0.2, 0) is 0 Å². The molecular formula is C17H24N2OS. The third-order valence-electron chi connectivity index (χ3n) is 3.54. The monoisotopic (exact) mass is 304 g/mol. The van der Waals surface area contributed by atoms with Crippen LogP contribution in [0.4, 0.5) is 0 Å². The zero-order valence-corrected chi connectivity index (χ0v) is 13.5. The average molecular weight is 304 g/mol. The SMILES string of the molecule is CCC1CN(CCOc2ccc(C#CCN)cc2)CCS1. The Morgan fingerprint density at radius 2 is 2.19 bits per heavy atom. The van der Waals surface area contributed by atoms with Crippen LogP contribution in [0.3, 0.4) is 0 Å². The van der Waals surface area contributed by atoms with Crippen molar-refractivity contribution >= 4 is 11.8 Å². The normalized spacial score (nSPS) is 18.9. The van der Waals surface area contributed by atoms with Gasteiger partial charge in [0.15, 0.2) is 0 Å². The van der Waals surface area contributed by atoms with Gasteiger partial charge in [-0.2, -0.15) is 11.8 Å². The van der Waals surface area contributed by atoms with Crippen LogP contribution < -0.4 is 10.5 Å². The lowest BCUT2D eigenvalue weighted by atomic mass is 10.2. The average Bonchev–Trinajstić information content (AvgIpc) is 2.54. The first-order valence-electron chi connectivity index (χ1n) is 7.57. The fourth-order valence-electron chi connectivity index (χ4n) is 2.31. The molecule has 114 valence electrons. The van der Waals surface area contributed by atoms with E-state index in [1.54, 1.807) is 0 Å². The zero-order chi connectivity index (χ0) is 14.9. The molecule has 1 saturated heterocycles. The number of nitrogens with zero attached hydrogens (tertiary/aromatic N) is 1. The van der Waals surface area contributed by atoms with Gasteiger partial charge in [-0.05, 0) is 30.7 Å². The molecule has 1 aromatic carbocycles. The molecule has 2 N–H and O–H groups in total. The van der Waals surface area contributed by atoms with Crippen molar-refractivity contribution in [2.75, 3.05) is 38.5 Å². The topological polar surface area (TPSA) is 38.5 Å². The highest BCUT2D eigenvalue weighted by Crippen LogP contribution is 2.20. The fraction of sp³-hybridized carbons (Fsp3) is 0.529. The highest BCUT2D eigenvalue weighted by Gasteiger charge is 2.18. The quantitative estimate of drug-likeness (QED) is 0.847. The number of nitrogens with two attached hydrogens (primary N) is 1. The Morgan fingerprint density at radius 1 is 1.38 bits per heavy atom. The van der Waals surface area contributed by atoms with Crippen LogP contribution in [0.15, 0.2) is 24.3 Å². The highest BCUT2D eigenvalue weighted by molar-refractivity contribution is 8.00. The summed E-state index contributed by atoms with van der Waals surface area (Å²) in [6.45, 7) is 6.79. The molecule has 0 aliphatic carbocycles. The molecule has 2 rings (SSSR count). The maximum atomic E-state index is 5.82. The molecule has 1 atom stereocenters. The predicted molar refractivity (Wildman–Crippen MR) is 90.8 cm³/mol. The molecule has 21 heavy (non-hydrogen) atoms. The lowest BCUT2D eigenvalue weighted by Gasteiger charge is -2.31. The van der Waals surface area contributed by atoms with Crippen molar-refractivity contribution < 1.29 is 4.74 Å². The lowest BCUT2D eigenvalue weighted by molar-refractivity contribution is 0.212. The number of benzene rings is 1. The van der Waals surface area contributed by atoms with Crippen molar-refractivity contribution in [3.8, 4) is 17.6 Å². The van der Waals surface area contributed by atoms with Gasteiger partial charge in [0.25, 0.3) is 0 Å². The smallest absolute Gasteiger partial charge is 0.119 e. The van der Waals surface area contributed by atoms with E-state index < -0.39 is 0 Å². The summed E-state index contributed by atoms with van der Waals surface area (Å²) in [7, 11) is 0. The summed E-state index contributed by atoms with van der Waals surface area (Å²) in [4.78, 5) is 2.51. The molecule has 0 radical (unpaired) electrons. The maximum Gasteiger partial charge on any atom is 0.119 e. The van der Waals surface area contributed by atoms with Gasteiger partial charge in [-0.1, -0.05) is 18.8 Å². The van der Waals surface area contributed by atoms with E-state index in [1.165, 1.54) is 25.3 Å². The van der Waals surface area contributed by atoms with Gasteiger partial charge in [-0.3, -0.25) is 4.90 Å². The molecule has 4 heteroatoms. The molecule has 0 spiro atoms. The van der Waals surface area contributed by atoms with E-state index in [1.807, 2.05) is 24.3 Å². The van der Waals surface area contributed by atoms with Crippen molar-refractivity contribution in [3.05, 3.63) is 29.8 Å². The van der Waals surface area contributed by atoms with Crippen LogP contribution >= 0.6 is 11.8 Å². The minimum Gasteiger partial charge on any atom is -0.492 e. The van der Waals surface area contributed by atoms with E-state index in [0.29, 0.717) is 6.54 Å². The first-order valence-corrected chi connectivity index (χ1v) is 8.62. The Bertz CT molecular complexity index is 478. The zero-order valence-electron chi connectivity index (χ0n) is 12.7. The summed E-state index contributed by atoms with van der Waals surface area (Å²) in [5.41, 5.74) is 6.34. The summed E-state index contributed by atoms with van der Waals surface area (Å²) >= 11 is 2.10. The van der Waals surface area contributed by atoms with Crippen molar-refractivity contribution in [2.45, 2.75) is 18.6 Å². The molecule has 1 fully saturated rings. The van der Waals surface area contributed by atoms with Gasteiger partial charge in [0.2, 0.25) is 0 Å². The number of ether oxygens (including phenoxy) is 1. The van der Waals surface area contributed by atoms with Crippen LogP contribution in [0.5, 0.6) is 5.75 Å². The van der Waals surface area contributed by atoms with Gasteiger partial charge in [0.05, 0.1) is 6.54 Å². The summed E-state index contributed by atoms with van der Waals surface area (Å²) in [6, 6.07) is 7.90. The Kier molecular flexibility index (Phi) is 6.94. The van der Waals surface area contributed by atoms with E-state index in [-0.39, 0.29) is 0 Å². The second-order valence-corrected chi connectivity index (χ2v) is 6.49. The number of hydrogen-bond acceptors (Lipinski definition) is 4. The molecule has 3 nitrogen and oxygen atoms in total. The third kappa shape index (κ3) is 5.62. The van der Waals surface area contributed by atoms with Gasteiger partial charge in [0.1, 0.15) is 12.4 Å². The number of thioether (sulfide) groups is 1. The summed E-state index contributed by atoms with van der Waals surface area (Å²) in [5, 5.41) is 0.791. The first-order chi connectivity index (χ1) is 10.3. The fourth-order valence-corrected chi connectivity index (χ4v) is 3.56. The van der Waals surface area contributed by atoms with Gasteiger partial charge in [-0.25, -0.2) is 0 Å². The molecule has 0 amide bonds. The largest absolute Gasteiger partial charge is 0.492 e. The first kappa shape index (κ1) is 16.2. The van der Waals surface area contributed by atoms with Crippen LogP contribution in [0.2, 0.25) is 0 Å². The molecule has 0 saturated carbocycles. The number of rotatable bonds is 5. The van der Waals surface area contributed by atoms with Crippen LogP contribution in [-0.4, -0.2) is 48.7 Å². The maximum absolute atomic E-state index is 5.82. The Morgan fingerprint density at radius 3 is 2.90 bits per heavy atom. The van der Waals surface area contributed by atoms with E-state index in [0.717, 1.165) is 29.7 Å². The minimum atomic E-state index is 0.394. The molecule has 1 aliphatic rings. The van der Waals surface area contributed by atoms with Crippen molar-refractivity contribution in [1.82, 2.24) is 4.90 Å². The van der Waals surface area contributed by atoms with Gasteiger partial charge >= 0.3 is 0 Å². The molecule has 1 unspecified atom stereocenters. The van der Waals surface area contributed by atoms with Gasteiger partial charge < -0.3 is 10.5 Å². The predicted octanol–water partition coefficient (Wildman–Crippen LogP) is 2.20. The van der Waals surface area contributed by atoms with Crippen molar-refractivity contribution in [2.24, 2.45) is 5.73 Å². The second-order valence-electron chi connectivity index (χ2n) is 5.08. The van der Waals surface area contributed by atoms with Crippen LogP contribution in [0.1, 0.15) is 18.9 Å². The van der Waals surface area contributed by atoms with Crippen molar-refractivity contribution in [1.29, 1.82) is 0 Å². The minimum absolute atomic E-state index is 0.394. The van der Waals surface area contributed by atoms with Crippen LogP contribution in [0, 0.1) is 11.8 Å². The summed E-state index contributed by atoms with van der Waals surface area (Å²) < 4.78 is 5.82. The van der Waals surface area contributed by atoms with Crippen LogP contribution in [0.25, 0.3) is 0 Å². The van der Waals surface area contributed by atoms with Gasteiger partial charge in [0, 0.05) is 36.2 Å². The van der Waals surface area contributed by atoms with E-state index in [2.05, 4.69) is 35.4 Å². The molecule has 1 aliphatic heterocycles. The molecule has 0 bridgehead atoms. The van der Waals surface area contributed by atoms with E-state index >= 15 is 0 Å². The summed E-state index contributed by atoms with van der Waals surface area (Å²) in [5.74, 6) is 8.01. The van der Waals surface area contributed by atoms with Crippen molar-refractivity contribution in [3.63, 3.8) is 0 Å². The number of hydrogen-bond donors (Lipinski definition) is 1. The highest BCUT2D eigenvalue weighted by atomic mass is 32.2. The van der Waals surface area contributed by atoms with Gasteiger partial charge in [-0.15, -0.1) is 0 Å². The Balaban J connectivity index is 1.73. The second kappa shape index (κ2) is 8.99. The molecule has 0 aromatic heterocycles. The Hall–Kier alpha value is -1.15. The third-order valence-corrected chi connectivity index (χ3v) is 4.92. The Labute approximate surface area is 132 Å². The van der Waals surface area contributed by atoms with E-state index in [9.17, 15) is 0 Å². The molecule has 1 heterocycles. The van der Waals surface area contributed by atoms with E-state index in [4.69, 9.17) is 10.5 Å². The standard InChI is InChI=1S/C17H24N2OS/c1-2-17-14-19(11-13-21-17)10-12-20-16-7-5-15(6-8-16)4-3-9-18/h5-8,17H,2,9-14,18H2,1H3.